The van der Waals surface area contributed by atoms with Crippen LogP contribution in [0.15, 0.2) is 36.7 Å². The number of rotatable bonds is 8. The maximum atomic E-state index is 17.1. The third kappa shape index (κ3) is 6.78. The highest BCUT2D eigenvalue weighted by Gasteiger charge is 2.35. The van der Waals surface area contributed by atoms with Crippen molar-refractivity contribution in [3.05, 3.63) is 70.5 Å². The van der Waals surface area contributed by atoms with Crippen LogP contribution in [0, 0.1) is 41.5 Å². The van der Waals surface area contributed by atoms with E-state index in [-0.39, 0.29) is 102 Å². The Hall–Kier alpha value is -5.14. The van der Waals surface area contributed by atoms with Crippen LogP contribution in [-0.2, 0) is 4.79 Å². The van der Waals surface area contributed by atoms with E-state index in [1.54, 1.807) is 16.8 Å². The molecule has 2 aliphatic heterocycles. The zero-order valence-electron chi connectivity index (χ0n) is 27.9. The number of hydrogen-bond donors (Lipinski definition) is 1. The molecule has 0 aliphatic carbocycles. The van der Waals surface area contributed by atoms with Crippen LogP contribution in [0.25, 0.3) is 33.3 Å². The largest absolute Gasteiger partial charge is 0.462 e. The summed E-state index contributed by atoms with van der Waals surface area (Å²) in [5.41, 5.74) is 4.71. The van der Waals surface area contributed by atoms with Crippen LogP contribution in [0.2, 0.25) is 5.02 Å². The predicted octanol–water partition coefficient (Wildman–Crippen LogP) is 6.29. The molecular weight excluding hydrogens is 714 g/mol. The van der Waals surface area contributed by atoms with Crippen molar-refractivity contribution >= 4 is 40.0 Å². The van der Waals surface area contributed by atoms with Crippen molar-refractivity contribution in [1.29, 1.82) is 5.26 Å². The lowest BCUT2D eigenvalue weighted by molar-refractivity contribution is -0.131. The van der Waals surface area contributed by atoms with E-state index in [2.05, 4.69) is 21.5 Å². The van der Waals surface area contributed by atoms with Crippen LogP contribution in [0.5, 0.6) is 6.01 Å². The highest BCUT2D eigenvalue weighted by molar-refractivity contribution is 6.34. The number of aryl methyl sites for hydroxylation is 1. The molecule has 52 heavy (non-hydrogen) atoms. The Morgan fingerprint density at radius 2 is 1.83 bits per heavy atom. The van der Waals surface area contributed by atoms with Gasteiger partial charge < -0.3 is 20.3 Å². The summed E-state index contributed by atoms with van der Waals surface area (Å²) in [6.07, 6.45) is -1.07. The zero-order chi connectivity index (χ0) is 37.6. The normalized spacial score (nSPS) is 19.3. The minimum Gasteiger partial charge on any atom is -0.462 e. The van der Waals surface area contributed by atoms with E-state index >= 15 is 8.78 Å². The second kappa shape index (κ2) is 14.5. The molecular formula is C35H31ClF6N8O2. The highest BCUT2D eigenvalue weighted by atomic mass is 35.5. The minimum atomic E-state index is -1.75. The Balaban J connectivity index is 1.53. The van der Waals surface area contributed by atoms with E-state index < -0.39 is 58.3 Å². The number of nitrogen functional groups attached to an aromatic ring is 1. The molecule has 17 heteroatoms. The van der Waals surface area contributed by atoms with Crippen molar-refractivity contribution in [2.24, 2.45) is 0 Å². The first-order valence-electron chi connectivity index (χ1n) is 16.1. The van der Waals surface area contributed by atoms with E-state index in [9.17, 15) is 27.6 Å². The van der Waals surface area contributed by atoms with E-state index in [1.807, 2.05) is 6.07 Å². The first kappa shape index (κ1) is 36.6. The van der Waals surface area contributed by atoms with Crippen molar-refractivity contribution < 1.29 is 35.9 Å². The number of likely N-dealkylation sites (N-methyl/N-ethyl adjacent to an activating group) is 1. The van der Waals surface area contributed by atoms with Crippen molar-refractivity contribution in [3.63, 3.8) is 0 Å². The van der Waals surface area contributed by atoms with Gasteiger partial charge in [0.25, 0.3) is 5.91 Å². The van der Waals surface area contributed by atoms with Crippen LogP contribution < -0.4 is 15.4 Å². The van der Waals surface area contributed by atoms with Crippen LogP contribution in [-0.4, -0.2) is 88.7 Å². The van der Waals surface area contributed by atoms with Crippen molar-refractivity contribution in [1.82, 2.24) is 24.8 Å². The number of halogens is 7. The fourth-order valence-electron chi connectivity index (χ4n) is 6.75. The first-order valence-corrected chi connectivity index (χ1v) is 16.4. The van der Waals surface area contributed by atoms with Gasteiger partial charge in [-0.05, 0) is 50.2 Å². The number of pyridine rings is 1. The van der Waals surface area contributed by atoms with Crippen molar-refractivity contribution in [3.8, 4) is 34.5 Å². The molecule has 0 saturated carbocycles. The number of aromatic nitrogens is 3. The van der Waals surface area contributed by atoms with Crippen LogP contribution in [0.4, 0.5) is 38.0 Å². The Labute approximate surface area is 299 Å². The summed E-state index contributed by atoms with van der Waals surface area (Å²) in [4.78, 5) is 30.3. The molecule has 2 aromatic carbocycles. The number of likely N-dealkylation sites (tertiary alicyclic amines) is 1. The number of benzene rings is 2. The van der Waals surface area contributed by atoms with Gasteiger partial charge in [-0.3, -0.25) is 9.69 Å². The fourth-order valence-corrected chi connectivity index (χ4v) is 7.03. The molecule has 2 N–H and O–H groups in total. The van der Waals surface area contributed by atoms with Gasteiger partial charge in [0.05, 0.1) is 34.8 Å². The number of fused-ring (bicyclic) bond motifs is 1. The topological polar surface area (TPSA) is 124 Å². The molecule has 3 atom stereocenters. The van der Waals surface area contributed by atoms with Crippen LogP contribution in [0.3, 0.4) is 0 Å². The Kier molecular flexibility index (Phi) is 10.2. The van der Waals surface area contributed by atoms with Crippen LogP contribution in [0.1, 0.15) is 18.4 Å². The monoisotopic (exact) mass is 744 g/mol. The third-order valence-corrected chi connectivity index (χ3v) is 9.56. The maximum Gasteiger partial charge on any atom is 0.319 e. The summed E-state index contributed by atoms with van der Waals surface area (Å²) in [5.74, 6) is -7.98. The van der Waals surface area contributed by atoms with E-state index in [4.69, 9.17) is 22.1 Å². The molecule has 2 aliphatic rings. The molecule has 2 saturated heterocycles. The quantitative estimate of drug-likeness (QED) is 0.126. The van der Waals surface area contributed by atoms with Gasteiger partial charge in [-0.1, -0.05) is 18.2 Å². The van der Waals surface area contributed by atoms with Crippen molar-refractivity contribution in [2.45, 2.75) is 38.0 Å². The SMILES string of the molecule is C=C(F)C(=O)N1CCN(c2nc(OC[C@@H]3C[C@@H](F)CN3C)nc3c(F)c(-c4nc(N)cc(C)c4-c4ccc(F)c(F)c4F)c(Cl)cc23)CC1CC#N. The molecule has 272 valence electrons. The molecule has 4 heterocycles. The number of carbonyl (C=O) groups is 1. The molecule has 0 spiro atoms. The number of alkyl halides is 1. The minimum absolute atomic E-state index is 0.0382. The summed E-state index contributed by atoms with van der Waals surface area (Å²) in [5, 5.41) is 9.30. The van der Waals surface area contributed by atoms with Gasteiger partial charge in [0, 0.05) is 48.7 Å². The lowest BCUT2D eigenvalue weighted by Gasteiger charge is -2.41. The molecule has 0 bridgehead atoms. The number of nitriles is 1. The summed E-state index contributed by atoms with van der Waals surface area (Å²) in [6.45, 7) is 4.67. The zero-order valence-corrected chi connectivity index (χ0v) is 28.6. The lowest BCUT2D eigenvalue weighted by Crippen LogP contribution is -2.55. The lowest BCUT2D eigenvalue weighted by atomic mass is 9.93. The van der Waals surface area contributed by atoms with Gasteiger partial charge in [0.1, 0.15) is 29.9 Å². The van der Waals surface area contributed by atoms with E-state index in [0.29, 0.717) is 0 Å². The Morgan fingerprint density at radius 3 is 2.50 bits per heavy atom. The average molecular weight is 745 g/mol. The number of piperazine rings is 1. The number of amides is 1. The third-order valence-electron chi connectivity index (χ3n) is 9.26. The molecule has 4 aromatic rings. The number of nitrogens with two attached hydrogens (primary N) is 1. The Morgan fingerprint density at radius 1 is 1.08 bits per heavy atom. The van der Waals surface area contributed by atoms with Gasteiger partial charge in [0.2, 0.25) is 0 Å². The standard InChI is InChI=1S/C35H31ClF6N8O2/c1-16-10-25(44)45-32(26(16)21-4-5-24(39)29(41)28(21)40)27-23(36)12-22-31(30(27)42)46-35(52-15-20-11-18(38)13-48(20)3)47-33(22)49-8-9-50(34(51)17(2)37)19(14-49)6-7-43/h4-5,10,12,18-20H,2,6,8-9,11,13-15H2,1,3H3,(H2,44,45)/t18-,19?,20+/m1/s1. The molecule has 6 rings (SSSR count). The molecule has 1 unspecified atom stereocenters. The average Bonchev–Trinajstić information content (AvgIpc) is 3.42. The summed E-state index contributed by atoms with van der Waals surface area (Å²) >= 11 is 6.77. The summed E-state index contributed by atoms with van der Waals surface area (Å²) in [6, 6.07) is 4.91. The van der Waals surface area contributed by atoms with E-state index in [1.165, 1.54) is 24.0 Å². The summed E-state index contributed by atoms with van der Waals surface area (Å²) < 4.78 is 94.6. The number of carbonyl (C=O) groups excluding carboxylic acids is 1. The smallest absolute Gasteiger partial charge is 0.319 e. The molecule has 0 radical (unpaired) electrons. The first-order chi connectivity index (χ1) is 24.7. The second-order valence-electron chi connectivity index (χ2n) is 12.7. The number of anilines is 2. The molecule has 2 fully saturated rings. The Bertz CT molecular complexity index is 2150. The fraction of sp³-hybridized carbons (Fsp3) is 0.343. The van der Waals surface area contributed by atoms with Gasteiger partial charge in [-0.25, -0.2) is 31.3 Å². The van der Waals surface area contributed by atoms with Gasteiger partial charge >= 0.3 is 6.01 Å². The number of ether oxygens (including phenoxy) is 1. The van der Waals surface area contributed by atoms with Crippen molar-refractivity contribution in [2.75, 3.05) is 50.5 Å². The summed E-state index contributed by atoms with van der Waals surface area (Å²) in [7, 11) is 1.73. The molecule has 1 amide bonds. The maximum absolute atomic E-state index is 17.1. The molecule has 2 aromatic heterocycles. The van der Waals surface area contributed by atoms with Gasteiger partial charge in [-0.2, -0.15) is 15.2 Å². The second-order valence-corrected chi connectivity index (χ2v) is 13.1. The predicted molar refractivity (Wildman–Crippen MR) is 182 cm³/mol. The van der Waals surface area contributed by atoms with Crippen LogP contribution >= 0.6 is 11.6 Å². The molecule has 10 nitrogen and oxygen atoms in total. The number of hydrogen-bond acceptors (Lipinski definition) is 9. The number of nitrogens with zero attached hydrogens (tertiary/aromatic N) is 7. The van der Waals surface area contributed by atoms with Gasteiger partial charge in [-0.15, -0.1) is 0 Å². The highest BCUT2D eigenvalue weighted by Crippen LogP contribution is 2.44. The van der Waals surface area contributed by atoms with E-state index in [0.717, 1.165) is 12.1 Å². The van der Waals surface area contributed by atoms with Gasteiger partial charge in [0.15, 0.2) is 29.1 Å².